The number of hydrogen-bond acceptors (Lipinski definition) is 6. The molecule has 1 aliphatic heterocycles. The Labute approximate surface area is 175 Å². The Morgan fingerprint density at radius 1 is 1.13 bits per heavy atom. The Morgan fingerprint density at radius 3 is 2.63 bits per heavy atom. The van der Waals surface area contributed by atoms with Gasteiger partial charge >= 0.3 is 0 Å². The van der Waals surface area contributed by atoms with Crippen molar-refractivity contribution < 1.29 is 0 Å². The molecule has 0 spiro atoms. The zero-order chi connectivity index (χ0) is 20.7. The first-order valence-electron chi connectivity index (χ1n) is 11.1. The molecule has 8 heteroatoms. The first-order valence-corrected chi connectivity index (χ1v) is 11.1. The second-order valence-corrected chi connectivity index (χ2v) is 8.85. The van der Waals surface area contributed by atoms with Gasteiger partial charge in [-0.3, -0.25) is 9.69 Å². The fraction of sp³-hybridized carbons (Fsp3) is 0.591. The van der Waals surface area contributed by atoms with Crippen molar-refractivity contribution in [1.29, 1.82) is 0 Å². The second-order valence-electron chi connectivity index (χ2n) is 8.85. The van der Waals surface area contributed by atoms with E-state index in [-0.39, 0.29) is 11.5 Å². The molecule has 3 aromatic rings. The third kappa shape index (κ3) is 3.53. The second kappa shape index (κ2) is 7.91. The van der Waals surface area contributed by atoms with E-state index in [4.69, 9.17) is 4.98 Å². The summed E-state index contributed by atoms with van der Waals surface area (Å²) in [6.45, 7) is 6.94. The van der Waals surface area contributed by atoms with Crippen molar-refractivity contribution in [3.05, 3.63) is 46.2 Å². The Kier molecular flexibility index (Phi) is 5.10. The molecule has 30 heavy (non-hydrogen) atoms. The van der Waals surface area contributed by atoms with Crippen molar-refractivity contribution >= 4 is 11.0 Å². The molecule has 8 nitrogen and oxygen atoms in total. The van der Waals surface area contributed by atoms with Crippen LogP contribution in [0.2, 0.25) is 0 Å². The molecular formula is C22H29N7O. The van der Waals surface area contributed by atoms with Crippen LogP contribution in [0.15, 0.2) is 23.4 Å². The lowest BCUT2D eigenvalue weighted by molar-refractivity contribution is 0.317. The third-order valence-electron chi connectivity index (χ3n) is 6.67. The van der Waals surface area contributed by atoms with Crippen LogP contribution in [-0.2, 0) is 13.0 Å². The molecule has 1 N–H and O–H groups in total. The van der Waals surface area contributed by atoms with Crippen LogP contribution in [0.4, 0.5) is 0 Å². The van der Waals surface area contributed by atoms with Crippen molar-refractivity contribution in [2.45, 2.75) is 64.5 Å². The van der Waals surface area contributed by atoms with E-state index in [1.165, 1.54) is 12.8 Å². The summed E-state index contributed by atoms with van der Waals surface area (Å²) in [4.78, 5) is 32.0. The number of aromatic nitrogens is 6. The molecule has 3 aromatic heterocycles. The third-order valence-corrected chi connectivity index (χ3v) is 6.67. The average molecular weight is 408 g/mol. The number of fused-ring (bicyclic) bond motifs is 1. The Hall–Kier alpha value is -2.61. The molecule has 2 aliphatic rings. The van der Waals surface area contributed by atoms with Crippen molar-refractivity contribution in [2.75, 3.05) is 13.1 Å². The Bertz CT molecular complexity index is 1080. The maximum absolute atomic E-state index is 12.7. The molecule has 4 heterocycles. The lowest BCUT2D eigenvalue weighted by atomic mass is 9.97. The predicted octanol–water partition coefficient (Wildman–Crippen LogP) is 2.82. The number of H-pyrrole nitrogens is 1. The predicted molar refractivity (Wildman–Crippen MR) is 114 cm³/mol. The maximum atomic E-state index is 12.7. The van der Waals surface area contributed by atoms with Gasteiger partial charge in [-0.1, -0.05) is 26.7 Å². The molecule has 0 amide bonds. The molecule has 1 saturated heterocycles. The molecule has 2 atom stereocenters. The standard InChI is InChI=1S/C22H29N7O/c1-3-19-23-8-15(9-24-19)12-28-11-14(2)18(13-28)20-26-21-17(22(30)27-20)10-25-29(21)16-6-4-5-7-16/h8-10,14,16,18H,3-7,11-13H2,1-2H3,(H,26,27,30)/t14-,18-/m1/s1. The van der Waals surface area contributed by atoms with Gasteiger partial charge in [0.25, 0.3) is 5.56 Å². The van der Waals surface area contributed by atoms with Gasteiger partial charge in [0.05, 0.1) is 12.2 Å². The summed E-state index contributed by atoms with van der Waals surface area (Å²) in [7, 11) is 0. The average Bonchev–Trinajstić information content (AvgIpc) is 3.48. The van der Waals surface area contributed by atoms with E-state index in [0.29, 0.717) is 17.3 Å². The molecule has 158 valence electrons. The fourth-order valence-corrected chi connectivity index (χ4v) is 5.00. The summed E-state index contributed by atoms with van der Waals surface area (Å²) < 4.78 is 1.99. The Morgan fingerprint density at radius 2 is 1.90 bits per heavy atom. The molecule has 0 radical (unpaired) electrons. The molecule has 5 rings (SSSR count). The summed E-state index contributed by atoms with van der Waals surface area (Å²) in [5.41, 5.74) is 1.79. The number of nitrogens with one attached hydrogen (secondary N) is 1. The van der Waals surface area contributed by atoms with Crippen LogP contribution in [-0.4, -0.2) is 47.7 Å². The molecule has 1 saturated carbocycles. The van der Waals surface area contributed by atoms with E-state index in [1.807, 2.05) is 17.1 Å². The van der Waals surface area contributed by atoms with Crippen LogP contribution in [0.3, 0.4) is 0 Å². The van der Waals surface area contributed by atoms with Crippen LogP contribution in [0, 0.1) is 5.92 Å². The van der Waals surface area contributed by atoms with Crippen LogP contribution < -0.4 is 5.56 Å². The summed E-state index contributed by atoms with van der Waals surface area (Å²) in [5, 5.41) is 5.12. The van der Waals surface area contributed by atoms with Gasteiger partial charge < -0.3 is 4.98 Å². The summed E-state index contributed by atoms with van der Waals surface area (Å²) in [6.07, 6.45) is 11.1. The van der Waals surface area contributed by atoms with Crippen molar-refractivity contribution in [3.63, 3.8) is 0 Å². The van der Waals surface area contributed by atoms with Crippen molar-refractivity contribution in [3.8, 4) is 0 Å². The summed E-state index contributed by atoms with van der Waals surface area (Å²) >= 11 is 0. The summed E-state index contributed by atoms with van der Waals surface area (Å²) in [5.74, 6) is 2.27. The highest BCUT2D eigenvalue weighted by Gasteiger charge is 2.33. The van der Waals surface area contributed by atoms with Crippen LogP contribution in [0.1, 0.15) is 68.7 Å². The van der Waals surface area contributed by atoms with Crippen LogP contribution in [0.25, 0.3) is 11.0 Å². The van der Waals surface area contributed by atoms with E-state index in [0.717, 1.165) is 61.8 Å². The van der Waals surface area contributed by atoms with Crippen molar-refractivity contribution in [2.24, 2.45) is 5.92 Å². The molecule has 0 bridgehead atoms. The Balaban J connectivity index is 1.39. The number of aryl methyl sites for hydroxylation is 1. The maximum Gasteiger partial charge on any atom is 0.262 e. The molecule has 0 unspecified atom stereocenters. The van der Waals surface area contributed by atoms with Crippen molar-refractivity contribution in [1.82, 2.24) is 34.6 Å². The molecule has 2 fully saturated rings. The van der Waals surface area contributed by atoms with Gasteiger partial charge in [-0.05, 0) is 18.8 Å². The minimum absolute atomic E-state index is 0.0755. The van der Waals surface area contributed by atoms with Gasteiger partial charge in [-0.25, -0.2) is 19.6 Å². The monoisotopic (exact) mass is 407 g/mol. The number of rotatable bonds is 5. The van der Waals surface area contributed by atoms with Gasteiger partial charge in [0, 0.05) is 49.9 Å². The number of nitrogens with zero attached hydrogens (tertiary/aromatic N) is 6. The normalized spacial score (nSPS) is 23.0. The van der Waals surface area contributed by atoms with Gasteiger partial charge in [0.1, 0.15) is 17.0 Å². The van der Waals surface area contributed by atoms with Gasteiger partial charge in [-0.2, -0.15) is 5.10 Å². The van der Waals surface area contributed by atoms with E-state index >= 15 is 0 Å². The molecule has 1 aliphatic carbocycles. The van der Waals surface area contributed by atoms with E-state index in [1.54, 1.807) is 6.20 Å². The smallest absolute Gasteiger partial charge is 0.262 e. The molecular weight excluding hydrogens is 378 g/mol. The van der Waals surface area contributed by atoms with E-state index in [9.17, 15) is 4.79 Å². The van der Waals surface area contributed by atoms with Gasteiger partial charge in [0.15, 0.2) is 5.65 Å². The number of aromatic amines is 1. The number of hydrogen-bond donors (Lipinski definition) is 1. The molecule has 0 aromatic carbocycles. The van der Waals surface area contributed by atoms with Crippen LogP contribution >= 0.6 is 0 Å². The first-order chi connectivity index (χ1) is 14.6. The minimum atomic E-state index is -0.0755. The van der Waals surface area contributed by atoms with E-state index in [2.05, 4.69) is 38.8 Å². The highest BCUT2D eigenvalue weighted by atomic mass is 16.1. The highest BCUT2D eigenvalue weighted by Crippen LogP contribution is 2.33. The lowest BCUT2D eigenvalue weighted by Crippen LogP contribution is -2.22. The lowest BCUT2D eigenvalue weighted by Gasteiger charge is -2.16. The van der Waals surface area contributed by atoms with Gasteiger partial charge in [0.2, 0.25) is 0 Å². The van der Waals surface area contributed by atoms with E-state index < -0.39 is 0 Å². The minimum Gasteiger partial charge on any atom is -0.310 e. The number of likely N-dealkylation sites (tertiary alicyclic amines) is 1. The largest absolute Gasteiger partial charge is 0.310 e. The van der Waals surface area contributed by atoms with Gasteiger partial charge in [-0.15, -0.1) is 0 Å². The fourth-order valence-electron chi connectivity index (χ4n) is 5.00. The topological polar surface area (TPSA) is 92.6 Å². The SMILES string of the molecule is CCc1ncc(CN2C[C@@H](C)[C@H](c3nc4c(cnn4C4CCCC4)c(=O)[nH]3)C2)cn1. The zero-order valence-electron chi connectivity index (χ0n) is 17.7. The van der Waals surface area contributed by atoms with Crippen LogP contribution in [0.5, 0.6) is 0 Å². The first kappa shape index (κ1) is 19.4. The summed E-state index contributed by atoms with van der Waals surface area (Å²) in [6, 6.07) is 0.369. The zero-order valence-corrected chi connectivity index (χ0v) is 17.7. The highest BCUT2D eigenvalue weighted by molar-refractivity contribution is 5.73. The quantitative estimate of drug-likeness (QED) is 0.699.